The Kier molecular flexibility index (Phi) is 5.59. The Balaban J connectivity index is 3.27. The molecule has 0 saturated carbocycles. The van der Waals surface area contributed by atoms with Crippen LogP contribution in [0.2, 0.25) is 0 Å². The molecule has 1 aromatic carbocycles. The second-order valence-corrected chi connectivity index (χ2v) is 7.34. The summed E-state index contributed by atoms with van der Waals surface area (Å²) in [6, 6.07) is 3.37. The predicted octanol–water partition coefficient (Wildman–Crippen LogP) is 2.94. The van der Waals surface area contributed by atoms with E-state index in [1.807, 2.05) is 20.8 Å². The van der Waals surface area contributed by atoms with Gasteiger partial charge in [-0.15, -0.1) is 0 Å². The first kappa shape index (κ1) is 17.0. The summed E-state index contributed by atoms with van der Waals surface area (Å²) in [4.78, 5) is 0.333. The predicted molar refractivity (Wildman–Crippen MR) is 84.2 cm³/mol. The van der Waals surface area contributed by atoms with E-state index in [4.69, 9.17) is 5.73 Å². The summed E-state index contributed by atoms with van der Waals surface area (Å²) in [5.74, 6) is 0.340. The van der Waals surface area contributed by atoms with E-state index in [9.17, 15) is 8.42 Å². The monoisotopic (exact) mass is 298 g/mol. The molecule has 0 fully saturated rings. The summed E-state index contributed by atoms with van der Waals surface area (Å²) < 4.78 is 27.2. The lowest BCUT2D eigenvalue weighted by molar-refractivity contribution is 0.361. The number of sulfonamides is 1. The quantitative estimate of drug-likeness (QED) is 0.821. The van der Waals surface area contributed by atoms with Gasteiger partial charge in [0.1, 0.15) is 0 Å². The minimum Gasteiger partial charge on any atom is -0.399 e. The van der Waals surface area contributed by atoms with Crippen molar-refractivity contribution in [2.75, 3.05) is 18.8 Å². The van der Waals surface area contributed by atoms with E-state index in [0.717, 1.165) is 17.5 Å². The van der Waals surface area contributed by atoms with Crippen molar-refractivity contribution in [2.24, 2.45) is 5.92 Å². The van der Waals surface area contributed by atoms with Gasteiger partial charge >= 0.3 is 0 Å². The Labute approximate surface area is 123 Å². The molecule has 1 rings (SSSR count). The van der Waals surface area contributed by atoms with Crippen molar-refractivity contribution >= 4 is 15.7 Å². The van der Waals surface area contributed by atoms with Crippen molar-refractivity contribution in [1.29, 1.82) is 0 Å². The van der Waals surface area contributed by atoms with Crippen LogP contribution in [0.1, 0.15) is 38.3 Å². The van der Waals surface area contributed by atoms with Crippen LogP contribution < -0.4 is 5.73 Å². The van der Waals surface area contributed by atoms with Gasteiger partial charge in [-0.2, -0.15) is 4.31 Å². The molecule has 5 heteroatoms. The normalized spacial score (nSPS) is 13.7. The van der Waals surface area contributed by atoms with Gasteiger partial charge < -0.3 is 5.73 Å². The maximum absolute atomic E-state index is 12.8. The lowest BCUT2D eigenvalue weighted by Crippen LogP contribution is -2.35. The molecule has 0 bridgehead atoms. The zero-order valence-electron chi connectivity index (χ0n) is 13.1. The molecule has 0 aliphatic carbocycles. The molecule has 0 heterocycles. The Morgan fingerprint density at radius 2 is 1.85 bits per heavy atom. The van der Waals surface area contributed by atoms with Crippen molar-refractivity contribution < 1.29 is 8.42 Å². The van der Waals surface area contributed by atoms with Crippen LogP contribution in [0.4, 0.5) is 5.69 Å². The highest BCUT2D eigenvalue weighted by atomic mass is 32.2. The molecule has 1 atom stereocenters. The number of nitrogen functional groups attached to an aromatic ring is 1. The molecule has 0 amide bonds. The average Bonchev–Trinajstić information content (AvgIpc) is 2.39. The maximum atomic E-state index is 12.8. The van der Waals surface area contributed by atoms with Gasteiger partial charge in [-0.3, -0.25) is 0 Å². The molecule has 20 heavy (non-hydrogen) atoms. The van der Waals surface area contributed by atoms with E-state index in [-0.39, 0.29) is 0 Å². The molecule has 1 aromatic rings. The number of aryl methyl sites for hydroxylation is 1. The van der Waals surface area contributed by atoms with Crippen LogP contribution in [-0.4, -0.2) is 25.8 Å². The first-order valence-electron chi connectivity index (χ1n) is 7.10. The third-order valence-corrected chi connectivity index (χ3v) is 5.89. The molecule has 0 aromatic heterocycles. The van der Waals surface area contributed by atoms with Gasteiger partial charge in [0.25, 0.3) is 0 Å². The molecule has 0 aliphatic rings. The van der Waals surface area contributed by atoms with E-state index in [2.05, 4.69) is 13.8 Å². The van der Waals surface area contributed by atoms with E-state index < -0.39 is 10.0 Å². The largest absolute Gasteiger partial charge is 0.399 e. The molecule has 4 nitrogen and oxygen atoms in total. The van der Waals surface area contributed by atoms with E-state index in [0.29, 0.717) is 29.6 Å². The van der Waals surface area contributed by atoms with Gasteiger partial charge in [0.2, 0.25) is 10.0 Å². The van der Waals surface area contributed by atoms with Gasteiger partial charge in [0.15, 0.2) is 0 Å². The number of hydrogen-bond donors (Lipinski definition) is 1. The van der Waals surface area contributed by atoms with Crippen molar-refractivity contribution in [3.05, 3.63) is 23.3 Å². The summed E-state index contributed by atoms with van der Waals surface area (Å²) in [5.41, 5.74) is 7.99. The fourth-order valence-electron chi connectivity index (χ4n) is 2.13. The average molecular weight is 298 g/mol. The summed E-state index contributed by atoms with van der Waals surface area (Å²) >= 11 is 0. The minimum absolute atomic E-state index is 0.333. The van der Waals surface area contributed by atoms with Crippen LogP contribution >= 0.6 is 0 Å². The Bertz CT molecular complexity index is 567. The smallest absolute Gasteiger partial charge is 0.243 e. The van der Waals surface area contributed by atoms with Crippen molar-refractivity contribution in [2.45, 2.75) is 45.9 Å². The van der Waals surface area contributed by atoms with Crippen LogP contribution in [-0.2, 0) is 10.0 Å². The van der Waals surface area contributed by atoms with Crippen molar-refractivity contribution in [3.63, 3.8) is 0 Å². The number of anilines is 1. The number of benzene rings is 1. The van der Waals surface area contributed by atoms with Gasteiger partial charge in [-0.25, -0.2) is 8.42 Å². The van der Waals surface area contributed by atoms with Gasteiger partial charge in [-0.1, -0.05) is 27.2 Å². The van der Waals surface area contributed by atoms with Crippen LogP contribution in [0.15, 0.2) is 17.0 Å². The van der Waals surface area contributed by atoms with E-state index >= 15 is 0 Å². The van der Waals surface area contributed by atoms with Crippen LogP contribution in [0, 0.1) is 19.8 Å². The minimum atomic E-state index is -3.48. The van der Waals surface area contributed by atoms with Crippen molar-refractivity contribution in [3.8, 4) is 0 Å². The summed E-state index contributed by atoms with van der Waals surface area (Å²) in [6.45, 7) is 10.7. The second kappa shape index (κ2) is 6.59. The Morgan fingerprint density at radius 3 is 2.35 bits per heavy atom. The molecule has 0 saturated heterocycles. The molecular formula is C15H26N2O2S. The highest BCUT2D eigenvalue weighted by Crippen LogP contribution is 2.26. The van der Waals surface area contributed by atoms with E-state index in [1.165, 1.54) is 0 Å². The molecule has 0 aliphatic heterocycles. The maximum Gasteiger partial charge on any atom is 0.243 e. The lowest BCUT2D eigenvalue weighted by Gasteiger charge is -2.25. The first-order chi connectivity index (χ1) is 9.23. The van der Waals surface area contributed by atoms with Gasteiger partial charge in [0.05, 0.1) is 4.90 Å². The molecule has 0 radical (unpaired) electrons. The molecule has 0 spiro atoms. The summed E-state index contributed by atoms with van der Waals surface area (Å²) in [7, 11) is -3.48. The van der Waals surface area contributed by atoms with Crippen LogP contribution in [0.5, 0.6) is 0 Å². The van der Waals surface area contributed by atoms with Gasteiger partial charge in [0, 0.05) is 18.8 Å². The number of nitrogens with two attached hydrogens (primary N) is 1. The molecule has 114 valence electrons. The summed E-state index contributed by atoms with van der Waals surface area (Å²) in [5, 5.41) is 0. The van der Waals surface area contributed by atoms with Crippen molar-refractivity contribution in [1.82, 2.24) is 4.31 Å². The van der Waals surface area contributed by atoms with Crippen LogP contribution in [0.3, 0.4) is 0 Å². The first-order valence-corrected chi connectivity index (χ1v) is 8.54. The lowest BCUT2D eigenvalue weighted by atomic mass is 10.1. The Morgan fingerprint density at radius 1 is 1.25 bits per heavy atom. The molecule has 1 unspecified atom stereocenters. The topological polar surface area (TPSA) is 63.4 Å². The SMILES string of the molecule is CCC(C)CN(CC)S(=O)(=O)c1cc(N)cc(C)c1C. The Hall–Kier alpha value is -1.07. The van der Waals surface area contributed by atoms with Crippen LogP contribution in [0.25, 0.3) is 0 Å². The third-order valence-electron chi connectivity index (χ3n) is 3.82. The molecule has 2 N–H and O–H groups in total. The second-order valence-electron chi connectivity index (χ2n) is 5.43. The highest BCUT2D eigenvalue weighted by Gasteiger charge is 2.26. The zero-order chi connectivity index (χ0) is 15.5. The zero-order valence-corrected chi connectivity index (χ0v) is 13.9. The van der Waals surface area contributed by atoms with E-state index in [1.54, 1.807) is 16.4 Å². The summed E-state index contributed by atoms with van der Waals surface area (Å²) in [6.07, 6.45) is 0.959. The fraction of sp³-hybridized carbons (Fsp3) is 0.600. The number of hydrogen-bond acceptors (Lipinski definition) is 3. The fourth-order valence-corrected chi connectivity index (χ4v) is 4.04. The highest BCUT2D eigenvalue weighted by molar-refractivity contribution is 7.89. The molecular weight excluding hydrogens is 272 g/mol. The number of nitrogens with zero attached hydrogens (tertiary/aromatic N) is 1. The third kappa shape index (κ3) is 3.52. The number of rotatable bonds is 6. The standard InChI is InChI=1S/C15H26N2O2S/c1-6-11(3)10-17(7-2)20(18,19)15-9-14(16)8-12(4)13(15)5/h8-9,11H,6-7,10,16H2,1-5H3. The van der Waals surface area contributed by atoms with Gasteiger partial charge in [-0.05, 0) is 43.0 Å².